The van der Waals surface area contributed by atoms with E-state index in [-0.39, 0.29) is 0 Å². The normalized spacial score (nSPS) is 10.6. The van der Waals surface area contributed by atoms with Crippen molar-refractivity contribution < 1.29 is 4.74 Å². The molecular weight excluding hydrogens is 226 g/mol. The Hall–Kier alpha value is -1.81. The summed E-state index contributed by atoms with van der Waals surface area (Å²) in [4.78, 5) is 0. The lowest BCUT2D eigenvalue weighted by atomic mass is 10.2. The fourth-order valence-electron chi connectivity index (χ4n) is 1.86. The molecule has 0 atom stereocenters. The van der Waals surface area contributed by atoms with Crippen LogP contribution in [0, 0.1) is 6.92 Å². The van der Waals surface area contributed by atoms with E-state index in [1.165, 1.54) is 0 Å². The van der Waals surface area contributed by atoms with Crippen LogP contribution in [0.1, 0.15) is 18.2 Å². The van der Waals surface area contributed by atoms with Gasteiger partial charge in [0.05, 0.1) is 11.3 Å². The number of rotatable bonds is 5. The molecule has 0 aliphatic heterocycles. The van der Waals surface area contributed by atoms with Crippen LogP contribution >= 0.6 is 0 Å². The van der Waals surface area contributed by atoms with Crippen LogP contribution in [0.15, 0.2) is 30.3 Å². The first-order valence-electron chi connectivity index (χ1n) is 6.18. The Kier molecular flexibility index (Phi) is 3.99. The monoisotopic (exact) mass is 245 g/mol. The zero-order valence-corrected chi connectivity index (χ0v) is 11.1. The minimum atomic E-state index is 0.776. The minimum Gasteiger partial charge on any atom is -0.439 e. The average Bonchev–Trinajstić information content (AvgIpc) is 2.63. The predicted molar refractivity (Wildman–Crippen MR) is 71.8 cm³/mol. The van der Waals surface area contributed by atoms with E-state index >= 15 is 0 Å². The van der Waals surface area contributed by atoms with Gasteiger partial charge in [-0.05, 0) is 25.6 Å². The standard InChI is InChI=1S/C14H19N3O/c1-4-15-10-13-11(2)16-17(3)14(13)18-12-8-6-5-7-9-12/h5-9,15H,4,10H2,1-3H3. The minimum absolute atomic E-state index is 0.776. The second kappa shape index (κ2) is 5.69. The van der Waals surface area contributed by atoms with Crippen molar-refractivity contribution in [2.75, 3.05) is 6.54 Å². The Balaban J connectivity index is 2.26. The van der Waals surface area contributed by atoms with E-state index in [0.717, 1.165) is 36.0 Å². The first-order chi connectivity index (χ1) is 8.72. The first kappa shape index (κ1) is 12.6. The molecule has 4 heteroatoms. The van der Waals surface area contributed by atoms with Gasteiger partial charge in [-0.3, -0.25) is 0 Å². The topological polar surface area (TPSA) is 39.1 Å². The summed E-state index contributed by atoms with van der Waals surface area (Å²) in [5, 5.41) is 7.72. The SMILES string of the molecule is CCNCc1c(C)nn(C)c1Oc1ccccc1. The molecule has 1 aromatic carbocycles. The Morgan fingerprint density at radius 2 is 2.00 bits per heavy atom. The summed E-state index contributed by atoms with van der Waals surface area (Å²) in [6, 6.07) is 9.78. The largest absolute Gasteiger partial charge is 0.439 e. The van der Waals surface area contributed by atoms with E-state index in [1.807, 2.05) is 44.3 Å². The lowest BCUT2D eigenvalue weighted by molar-refractivity contribution is 0.424. The molecule has 1 N–H and O–H groups in total. The van der Waals surface area contributed by atoms with Gasteiger partial charge in [-0.1, -0.05) is 25.1 Å². The van der Waals surface area contributed by atoms with Crippen molar-refractivity contribution in [3.05, 3.63) is 41.6 Å². The molecule has 0 unspecified atom stereocenters. The second-order valence-electron chi connectivity index (χ2n) is 4.19. The fourth-order valence-corrected chi connectivity index (χ4v) is 1.86. The molecule has 0 radical (unpaired) electrons. The molecule has 0 fully saturated rings. The highest BCUT2D eigenvalue weighted by atomic mass is 16.5. The van der Waals surface area contributed by atoms with Crippen molar-refractivity contribution >= 4 is 0 Å². The Bertz CT molecular complexity index is 505. The van der Waals surface area contributed by atoms with Gasteiger partial charge in [0, 0.05) is 13.6 Å². The van der Waals surface area contributed by atoms with E-state index in [0.29, 0.717) is 0 Å². The Morgan fingerprint density at radius 1 is 1.28 bits per heavy atom. The molecule has 0 aliphatic carbocycles. The Labute approximate surface area is 108 Å². The maximum Gasteiger partial charge on any atom is 0.222 e. The number of hydrogen-bond donors (Lipinski definition) is 1. The van der Waals surface area contributed by atoms with Crippen molar-refractivity contribution in [1.82, 2.24) is 15.1 Å². The summed E-state index contributed by atoms with van der Waals surface area (Å²) in [5.74, 6) is 1.64. The molecule has 96 valence electrons. The highest BCUT2D eigenvalue weighted by Gasteiger charge is 2.14. The third-order valence-electron chi connectivity index (χ3n) is 2.80. The van der Waals surface area contributed by atoms with Crippen molar-refractivity contribution in [3.8, 4) is 11.6 Å². The first-order valence-corrected chi connectivity index (χ1v) is 6.18. The number of aryl methyl sites for hydroxylation is 2. The number of benzene rings is 1. The number of nitrogens with one attached hydrogen (secondary N) is 1. The number of ether oxygens (including phenoxy) is 1. The van der Waals surface area contributed by atoms with Crippen molar-refractivity contribution in [2.24, 2.45) is 7.05 Å². The third kappa shape index (κ3) is 2.71. The molecule has 0 saturated carbocycles. The van der Waals surface area contributed by atoms with Crippen LogP contribution in [0.3, 0.4) is 0 Å². The van der Waals surface area contributed by atoms with Gasteiger partial charge in [-0.2, -0.15) is 5.10 Å². The summed E-state index contributed by atoms with van der Waals surface area (Å²) < 4.78 is 7.71. The van der Waals surface area contributed by atoms with Gasteiger partial charge in [0.25, 0.3) is 0 Å². The second-order valence-corrected chi connectivity index (χ2v) is 4.19. The van der Waals surface area contributed by atoms with Gasteiger partial charge in [0.2, 0.25) is 5.88 Å². The number of hydrogen-bond acceptors (Lipinski definition) is 3. The molecule has 4 nitrogen and oxygen atoms in total. The van der Waals surface area contributed by atoms with E-state index in [1.54, 1.807) is 4.68 Å². The molecular formula is C14H19N3O. The molecule has 0 bridgehead atoms. The van der Waals surface area contributed by atoms with Gasteiger partial charge in [0.1, 0.15) is 5.75 Å². The van der Waals surface area contributed by atoms with Crippen LogP contribution in [-0.2, 0) is 13.6 Å². The van der Waals surface area contributed by atoms with E-state index in [4.69, 9.17) is 4.74 Å². The van der Waals surface area contributed by atoms with Crippen molar-refractivity contribution in [3.63, 3.8) is 0 Å². The number of para-hydroxylation sites is 1. The van der Waals surface area contributed by atoms with E-state index in [2.05, 4.69) is 17.3 Å². The van der Waals surface area contributed by atoms with Crippen LogP contribution in [-0.4, -0.2) is 16.3 Å². The lowest BCUT2D eigenvalue weighted by Crippen LogP contribution is -2.12. The quantitative estimate of drug-likeness (QED) is 0.880. The van der Waals surface area contributed by atoms with Crippen molar-refractivity contribution in [1.29, 1.82) is 0 Å². The molecule has 1 aromatic heterocycles. The summed E-state index contributed by atoms with van der Waals surface area (Å²) >= 11 is 0. The highest BCUT2D eigenvalue weighted by molar-refractivity contribution is 5.35. The number of aromatic nitrogens is 2. The van der Waals surface area contributed by atoms with E-state index in [9.17, 15) is 0 Å². The lowest BCUT2D eigenvalue weighted by Gasteiger charge is -2.09. The summed E-state index contributed by atoms with van der Waals surface area (Å²) in [6.07, 6.45) is 0. The molecule has 2 rings (SSSR count). The van der Waals surface area contributed by atoms with Crippen LogP contribution in [0.25, 0.3) is 0 Å². The highest BCUT2D eigenvalue weighted by Crippen LogP contribution is 2.26. The van der Waals surface area contributed by atoms with Crippen LogP contribution in [0.2, 0.25) is 0 Å². The molecule has 0 saturated heterocycles. The summed E-state index contributed by atoms with van der Waals surface area (Å²) in [6.45, 7) is 5.80. The van der Waals surface area contributed by atoms with Gasteiger partial charge in [-0.25, -0.2) is 4.68 Å². The smallest absolute Gasteiger partial charge is 0.222 e. The Morgan fingerprint density at radius 3 is 2.67 bits per heavy atom. The van der Waals surface area contributed by atoms with Gasteiger partial charge < -0.3 is 10.1 Å². The average molecular weight is 245 g/mol. The van der Waals surface area contributed by atoms with Crippen LogP contribution in [0.4, 0.5) is 0 Å². The molecule has 2 aromatic rings. The molecule has 0 amide bonds. The third-order valence-corrected chi connectivity index (χ3v) is 2.80. The number of nitrogens with zero attached hydrogens (tertiary/aromatic N) is 2. The van der Waals surface area contributed by atoms with Gasteiger partial charge >= 0.3 is 0 Å². The summed E-state index contributed by atoms with van der Waals surface area (Å²) in [7, 11) is 1.90. The molecule has 1 heterocycles. The molecule has 0 spiro atoms. The maximum absolute atomic E-state index is 5.92. The fraction of sp³-hybridized carbons (Fsp3) is 0.357. The zero-order valence-electron chi connectivity index (χ0n) is 11.1. The van der Waals surface area contributed by atoms with Crippen molar-refractivity contribution in [2.45, 2.75) is 20.4 Å². The van der Waals surface area contributed by atoms with Gasteiger partial charge in [0.15, 0.2) is 0 Å². The van der Waals surface area contributed by atoms with E-state index < -0.39 is 0 Å². The molecule has 18 heavy (non-hydrogen) atoms. The molecule has 0 aliphatic rings. The van der Waals surface area contributed by atoms with Crippen LogP contribution < -0.4 is 10.1 Å². The zero-order chi connectivity index (χ0) is 13.0. The van der Waals surface area contributed by atoms with Gasteiger partial charge in [-0.15, -0.1) is 0 Å². The van der Waals surface area contributed by atoms with Crippen LogP contribution in [0.5, 0.6) is 11.6 Å². The maximum atomic E-state index is 5.92. The predicted octanol–water partition coefficient (Wildman–Crippen LogP) is 2.63. The summed E-state index contributed by atoms with van der Waals surface area (Å²) in [5.41, 5.74) is 2.12.